The van der Waals surface area contributed by atoms with Gasteiger partial charge in [0.25, 0.3) is 5.91 Å². The summed E-state index contributed by atoms with van der Waals surface area (Å²) in [5.41, 5.74) is 2.25. The Hall–Kier alpha value is -2.41. The molecule has 0 spiro atoms. The summed E-state index contributed by atoms with van der Waals surface area (Å²) < 4.78 is 1.90. The molecule has 2 fully saturated rings. The van der Waals surface area contributed by atoms with Crippen LogP contribution in [0.5, 0.6) is 0 Å². The van der Waals surface area contributed by atoms with Crippen molar-refractivity contribution in [1.82, 2.24) is 24.1 Å². The summed E-state index contributed by atoms with van der Waals surface area (Å²) in [6, 6.07) is 3.72. The topological polar surface area (TPSA) is 61.2 Å². The highest BCUT2D eigenvalue weighted by molar-refractivity contribution is 5.99. The summed E-state index contributed by atoms with van der Waals surface area (Å²) in [6.07, 6.45) is 6.07. The van der Waals surface area contributed by atoms with Gasteiger partial charge in [0.05, 0.1) is 17.8 Å². The van der Waals surface area contributed by atoms with Crippen molar-refractivity contribution < 1.29 is 9.59 Å². The first-order valence-electron chi connectivity index (χ1n) is 9.35. The van der Waals surface area contributed by atoms with E-state index in [0.29, 0.717) is 30.8 Å². The number of pyridine rings is 1. The van der Waals surface area contributed by atoms with Crippen LogP contribution in [0.25, 0.3) is 5.65 Å². The molecule has 0 saturated carbocycles. The zero-order valence-corrected chi connectivity index (χ0v) is 15.2. The van der Waals surface area contributed by atoms with E-state index in [4.69, 9.17) is 0 Å². The maximum Gasteiger partial charge on any atom is 0.257 e. The molecule has 138 valence electrons. The molecule has 0 aliphatic carbocycles. The van der Waals surface area contributed by atoms with Crippen LogP contribution in [-0.2, 0) is 4.79 Å². The van der Waals surface area contributed by atoms with E-state index in [-0.39, 0.29) is 11.8 Å². The van der Waals surface area contributed by atoms with Gasteiger partial charge in [-0.25, -0.2) is 4.98 Å². The van der Waals surface area contributed by atoms with Crippen molar-refractivity contribution in [2.24, 2.45) is 0 Å². The molecule has 0 unspecified atom stereocenters. The molecule has 0 aromatic carbocycles. The van der Waals surface area contributed by atoms with E-state index in [1.807, 2.05) is 45.7 Å². The van der Waals surface area contributed by atoms with Gasteiger partial charge in [-0.15, -0.1) is 0 Å². The van der Waals surface area contributed by atoms with Gasteiger partial charge in [0, 0.05) is 51.7 Å². The Balaban J connectivity index is 1.38. The maximum atomic E-state index is 12.9. The van der Waals surface area contributed by atoms with Gasteiger partial charge in [0.1, 0.15) is 5.65 Å². The van der Waals surface area contributed by atoms with Crippen LogP contribution in [0.4, 0.5) is 0 Å². The first-order chi connectivity index (χ1) is 12.6. The third-order valence-electron chi connectivity index (χ3n) is 5.31. The second-order valence-corrected chi connectivity index (χ2v) is 7.19. The molecule has 2 aromatic heterocycles. The summed E-state index contributed by atoms with van der Waals surface area (Å²) in [5, 5.41) is 0. The standard InChI is InChI=1S/C19H25N5O2/c1-15-13-24-8-4-5-16(18(24)20-15)19(26)23-11-9-21(10-12-23)14-17(25)22-6-2-3-7-22/h4-5,8,13H,2-3,6-7,9-12,14H2,1H3. The number of aryl methyl sites for hydroxylation is 1. The molecule has 0 bridgehead atoms. The maximum absolute atomic E-state index is 12.9. The van der Waals surface area contributed by atoms with E-state index in [0.717, 1.165) is 44.7 Å². The van der Waals surface area contributed by atoms with Gasteiger partial charge < -0.3 is 14.2 Å². The first kappa shape index (κ1) is 17.0. The molecule has 2 saturated heterocycles. The predicted octanol–water partition coefficient (Wildman–Crippen LogP) is 1.02. The van der Waals surface area contributed by atoms with Crippen LogP contribution in [0.1, 0.15) is 28.9 Å². The van der Waals surface area contributed by atoms with Crippen molar-refractivity contribution in [3.8, 4) is 0 Å². The fourth-order valence-corrected chi connectivity index (χ4v) is 3.84. The summed E-state index contributed by atoms with van der Waals surface area (Å²) in [6.45, 7) is 6.95. The Morgan fingerprint density at radius 2 is 1.77 bits per heavy atom. The second-order valence-electron chi connectivity index (χ2n) is 7.19. The minimum atomic E-state index is 0.0201. The quantitative estimate of drug-likeness (QED) is 0.825. The smallest absolute Gasteiger partial charge is 0.257 e. The van der Waals surface area contributed by atoms with E-state index in [1.165, 1.54) is 0 Å². The Bertz CT molecular complexity index is 816. The number of piperazine rings is 1. The average molecular weight is 355 g/mol. The van der Waals surface area contributed by atoms with E-state index in [9.17, 15) is 9.59 Å². The van der Waals surface area contributed by atoms with Gasteiger partial charge in [-0.05, 0) is 31.9 Å². The third-order valence-corrected chi connectivity index (χ3v) is 5.31. The lowest BCUT2D eigenvalue weighted by Gasteiger charge is -2.35. The molecule has 0 atom stereocenters. The number of carbonyl (C=O) groups is 2. The lowest BCUT2D eigenvalue weighted by molar-refractivity contribution is -0.131. The number of amides is 2. The lowest BCUT2D eigenvalue weighted by Crippen LogP contribution is -2.51. The fourth-order valence-electron chi connectivity index (χ4n) is 3.84. The van der Waals surface area contributed by atoms with Crippen molar-refractivity contribution in [2.75, 3.05) is 45.8 Å². The van der Waals surface area contributed by atoms with E-state index >= 15 is 0 Å². The molecule has 0 N–H and O–H groups in total. The van der Waals surface area contributed by atoms with Gasteiger partial charge in [-0.3, -0.25) is 14.5 Å². The van der Waals surface area contributed by atoms with Crippen molar-refractivity contribution in [3.63, 3.8) is 0 Å². The third kappa shape index (κ3) is 3.31. The number of hydrogen-bond donors (Lipinski definition) is 0. The van der Waals surface area contributed by atoms with Crippen LogP contribution >= 0.6 is 0 Å². The summed E-state index contributed by atoms with van der Waals surface area (Å²) in [7, 11) is 0. The van der Waals surface area contributed by atoms with Gasteiger partial charge in [-0.1, -0.05) is 0 Å². The number of rotatable bonds is 3. The van der Waals surface area contributed by atoms with Gasteiger partial charge in [0.2, 0.25) is 5.91 Å². The number of carbonyl (C=O) groups excluding carboxylic acids is 2. The molecule has 4 heterocycles. The summed E-state index contributed by atoms with van der Waals surface area (Å²) >= 11 is 0. The molecular weight excluding hydrogens is 330 g/mol. The molecule has 26 heavy (non-hydrogen) atoms. The number of aromatic nitrogens is 2. The number of hydrogen-bond acceptors (Lipinski definition) is 4. The van der Waals surface area contributed by atoms with Crippen molar-refractivity contribution >= 4 is 17.5 Å². The lowest BCUT2D eigenvalue weighted by atomic mass is 10.2. The van der Waals surface area contributed by atoms with Crippen LogP contribution < -0.4 is 0 Å². The van der Waals surface area contributed by atoms with Crippen molar-refractivity contribution in [2.45, 2.75) is 19.8 Å². The molecule has 2 aromatic rings. The van der Waals surface area contributed by atoms with Crippen LogP contribution in [0.3, 0.4) is 0 Å². The SMILES string of the molecule is Cc1cn2cccc(C(=O)N3CCN(CC(=O)N4CCCC4)CC3)c2n1. The minimum Gasteiger partial charge on any atom is -0.342 e. The molecule has 4 rings (SSSR count). The highest BCUT2D eigenvalue weighted by Gasteiger charge is 2.26. The zero-order chi connectivity index (χ0) is 18.1. The largest absolute Gasteiger partial charge is 0.342 e. The number of likely N-dealkylation sites (tertiary alicyclic amines) is 1. The molecule has 2 aliphatic rings. The number of nitrogens with zero attached hydrogens (tertiary/aromatic N) is 5. The molecule has 2 aliphatic heterocycles. The van der Waals surface area contributed by atoms with Crippen LogP contribution in [-0.4, -0.2) is 81.7 Å². The fraction of sp³-hybridized carbons (Fsp3) is 0.526. The Kier molecular flexibility index (Phi) is 4.63. The molecular formula is C19H25N5O2. The monoisotopic (exact) mass is 355 g/mol. The normalized spacial score (nSPS) is 18.7. The minimum absolute atomic E-state index is 0.0201. The molecule has 0 radical (unpaired) electrons. The second kappa shape index (κ2) is 7.07. The summed E-state index contributed by atoms with van der Waals surface area (Å²) in [4.78, 5) is 35.7. The molecule has 7 heteroatoms. The van der Waals surface area contributed by atoms with Crippen LogP contribution in [0.15, 0.2) is 24.5 Å². The van der Waals surface area contributed by atoms with Gasteiger partial charge in [-0.2, -0.15) is 0 Å². The van der Waals surface area contributed by atoms with E-state index in [2.05, 4.69) is 9.88 Å². The average Bonchev–Trinajstić information content (AvgIpc) is 3.30. The Labute approximate surface area is 153 Å². The highest BCUT2D eigenvalue weighted by Crippen LogP contribution is 2.15. The first-order valence-corrected chi connectivity index (χ1v) is 9.35. The predicted molar refractivity (Wildman–Crippen MR) is 98.1 cm³/mol. The van der Waals surface area contributed by atoms with Gasteiger partial charge >= 0.3 is 0 Å². The van der Waals surface area contributed by atoms with E-state index < -0.39 is 0 Å². The van der Waals surface area contributed by atoms with Crippen LogP contribution in [0.2, 0.25) is 0 Å². The number of imidazole rings is 1. The molecule has 7 nitrogen and oxygen atoms in total. The van der Waals surface area contributed by atoms with Crippen molar-refractivity contribution in [1.29, 1.82) is 0 Å². The zero-order valence-electron chi connectivity index (χ0n) is 15.2. The summed E-state index contributed by atoms with van der Waals surface area (Å²) in [5.74, 6) is 0.242. The molecule has 2 amide bonds. The highest BCUT2D eigenvalue weighted by atomic mass is 16.2. The Morgan fingerprint density at radius 3 is 2.50 bits per heavy atom. The van der Waals surface area contributed by atoms with Gasteiger partial charge in [0.15, 0.2) is 0 Å². The van der Waals surface area contributed by atoms with E-state index in [1.54, 1.807) is 0 Å². The van der Waals surface area contributed by atoms with Crippen LogP contribution in [0, 0.1) is 6.92 Å². The van der Waals surface area contributed by atoms with Crippen molar-refractivity contribution in [3.05, 3.63) is 35.8 Å². The number of fused-ring (bicyclic) bond motifs is 1. The Morgan fingerprint density at radius 1 is 1.04 bits per heavy atom.